The lowest BCUT2D eigenvalue weighted by Gasteiger charge is -2.37. The largest absolute Gasteiger partial charge is 0.413 e. The summed E-state index contributed by atoms with van der Waals surface area (Å²) < 4.78 is 166. The minimum absolute atomic E-state index is 5.19. The number of rotatable bonds is 6. The first-order chi connectivity index (χ1) is 8.89. The smallest absolute Gasteiger partial charge is 0.301 e. The molecular weight excluding hydrogens is 364 g/mol. The van der Waals surface area contributed by atoms with E-state index in [2.05, 4.69) is 0 Å². The maximum atomic E-state index is 12.7. The molecule has 0 aromatic heterocycles. The molecule has 0 saturated carbocycles. The summed E-state index contributed by atoms with van der Waals surface area (Å²) in [5, 5.41) is -6.82. The fourth-order valence-corrected chi connectivity index (χ4v) is 1.18. The molecule has 0 aliphatic rings. The molecular formula is C6H2F12O2S. The third-order valence-electron chi connectivity index (χ3n) is 2.07. The van der Waals surface area contributed by atoms with Gasteiger partial charge in [-0.25, -0.2) is 13.0 Å². The molecule has 0 amide bonds. The van der Waals surface area contributed by atoms with Crippen LogP contribution in [0.1, 0.15) is 0 Å². The van der Waals surface area contributed by atoms with E-state index >= 15 is 0 Å². The zero-order valence-electron chi connectivity index (χ0n) is 8.88. The van der Waals surface area contributed by atoms with E-state index in [9.17, 15) is 56.9 Å². The third kappa shape index (κ3) is 2.57. The van der Waals surface area contributed by atoms with Crippen molar-refractivity contribution >= 4 is 11.1 Å². The van der Waals surface area contributed by atoms with E-state index in [4.69, 9.17) is 4.55 Å². The van der Waals surface area contributed by atoms with Crippen molar-refractivity contribution < 1.29 is 61.4 Å². The van der Waals surface area contributed by atoms with Gasteiger partial charge in [-0.15, -0.1) is 0 Å². The Balaban J connectivity index is 6.15. The number of hydrogen-bond donors (Lipinski definition) is 1. The van der Waals surface area contributed by atoms with Gasteiger partial charge in [0.25, 0.3) is 0 Å². The zero-order chi connectivity index (χ0) is 17.7. The Bertz CT molecular complexity index is 418. The van der Waals surface area contributed by atoms with Gasteiger partial charge in [0.2, 0.25) is 11.1 Å². The summed E-state index contributed by atoms with van der Waals surface area (Å²) in [5.74, 6) is -30.1. The molecule has 0 spiro atoms. The Hall–Kier alpha value is -0.730. The Morgan fingerprint density at radius 1 is 0.714 bits per heavy atom. The monoisotopic (exact) mass is 366 g/mol. The van der Waals surface area contributed by atoms with Gasteiger partial charge in [-0.1, -0.05) is 0 Å². The van der Waals surface area contributed by atoms with Gasteiger partial charge in [-0.05, 0) is 0 Å². The number of alkyl halides is 12. The van der Waals surface area contributed by atoms with Crippen LogP contribution in [0.25, 0.3) is 0 Å². The first-order valence-corrected chi connectivity index (χ1v) is 5.28. The van der Waals surface area contributed by atoms with E-state index in [0.29, 0.717) is 0 Å². The average Bonchev–Trinajstić information content (AvgIpc) is 2.27. The average molecular weight is 366 g/mol. The van der Waals surface area contributed by atoms with Crippen LogP contribution in [0.3, 0.4) is 0 Å². The lowest BCUT2D eigenvalue weighted by Crippen LogP contribution is -2.69. The van der Waals surface area contributed by atoms with Gasteiger partial charge in [-0.2, -0.15) is 43.9 Å². The SMILES string of the molecule is O=S(O)C(F)(F)C(F)(F)C(F)(F)C(F)(F)C(F)(F)C(F)F. The van der Waals surface area contributed by atoms with Crippen LogP contribution in [-0.2, 0) is 11.1 Å². The van der Waals surface area contributed by atoms with E-state index < -0.39 is 46.5 Å². The predicted octanol–water partition coefficient (Wildman–Crippen LogP) is 3.61. The second-order valence-electron chi connectivity index (χ2n) is 3.41. The molecule has 2 nitrogen and oxygen atoms in total. The van der Waals surface area contributed by atoms with Crippen LogP contribution >= 0.6 is 0 Å². The molecule has 0 aromatic rings. The second-order valence-corrected chi connectivity index (χ2v) is 4.42. The summed E-state index contributed by atoms with van der Waals surface area (Å²) >= 11 is -5.19. The van der Waals surface area contributed by atoms with Gasteiger partial charge in [0.15, 0.2) is 0 Å². The Morgan fingerprint density at radius 2 is 1.05 bits per heavy atom. The Labute approximate surface area is 109 Å². The normalized spacial score (nSPS) is 17.2. The fourth-order valence-electron chi connectivity index (χ4n) is 0.836. The highest BCUT2D eigenvalue weighted by molar-refractivity contribution is 7.80. The van der Waals surface area contributed by atoms with Gasteiger partial charge < -0.3 is 4.55 Å². The Kier molecular flexibility index (Phi) is 4.99. The minimum Gasteiger partial charge on any atom is -0.301 e. The van der Waals surface area contributed by atoms with Crippen LogP contribution in [0.15, 0.2) is 0 Å². The maximum Gasteiger partial charge on any atom is 0.413 e. The minimum atomic E-state index is -7.78. The third-order valence-corrected chi connectivity index (χ3v) is 2.76. The zero-order valence-corrected chi connectivity index (χ0v) is 9.69. The topological polar surface area (TPSA) is 37.3 Å². The highest BCUT2D eigenvalue weighted by Gasteiger charge is 2.89. The Morgan fingerprint density at radius 3 is 1.29 bits per heavy atom. The summed E-state index contributed by atoms with van der Waals surface area (Å²) in [5.41, 5.74) is 0. The molecule has 0 rings (SSSR count). The van der Waals surface area contributed by atoms with Crippen LogP contribution in [0, 0.1) is 0 Å². The molecule has 0 heterocycles. The summed E-state index contributed by atoms with van der Waals surface area (Å²) in [4.78, 5) is 0. The highest BCUT2D eigenvalue weighted by atomic mass is 32.2. The summed E-state index contributed by atoms with van der Waals surface area (Å²) in [6.45, 7) is 0. The number of hydrogen-bond acceptors (Lipinski definition) is 1. The molecule has 0 fully saturated rings. The van der Waals surface area contributed by atoms with Crippen molar-refractivity contribution in [3.05, 3.63) is 0 Å². The van der Waals surface area contributed by atoms with E-state index in [1.54, 1.807) is 0 Å². The van der Waals surface area contributed by atoms with E-state index in [1.165, 1.54) is 0 Å². The molecule has 1 unspecified atom stereocenters. The predicted molar refractivity (Wildman–Crippen MR) is 41.5 cm³/mol. The molecule has 21 heavy (non-hydrogen) atoms. The summed E-state index contributed by atoms with van der Waals surface area (Å²) in [6.07, 6.45) is -5.61. The van der Waals surface area contributed by atoms with Gasteiger partial charge in [-0.3, -0.25) is 0 Å². The standard InChI is InChI=1S/C6H2F12O2S/c7-1(8)2(9,10)3(11,12)4(13,14)5(15,16)6(17,18)21(19)20/h1H,(H,19,20). The second kappa shape index (κ2) is 5.17. The van der Waals surface area contributed by atoms with Crippen LogP contribution < -0.4 is 0 Å². The first-order valence-electron chi connectivity index (χ1n) is 4.17. The van der Waals surface area contributed by atoms with Crippen LogP contribution in [-0.4, -0.2) is 44.1 Å². The van der Waals surface area contributed by atoms with Crippen molar-refractivity contribution in [2.75, 3.05) is 0 Å². The lowest BCUT2D eigenvalue weighted by molar-refractivity contribution is -0.402. The summed E-state index contributed by atoms with van der Waals surface area (Å²) in [7, 11) is 0. The summed E-state index contributed by atoms with van der Waals surface area (Å²) in [6, 6.07) is 0. The van der Waals surface area contributed by atoms with Crippen LogP contribution in [0.2, 0.25) is 0 Å². The molecule has 15 heteroatoms. The first kappa shape index (κ1) is 20.3. The molecule has 0 radical (unpaired) electrons. The molecule has 0 aliphatic heterocycles. The quantitative estimate of drug-likeness (QED) is 0.576. The van der Waals surface area contributed by atoms with Gasteiger partial charge >= 0.3 is 35.4 Å². The number of halogens is 12. The van der Waals surface area contributed by atoms with Crippen molar-refractivity contribution in [3.63, 3.8) is 0 Å². The van der Waals surface area contributed by atoms with Gasteiger partial charge in [0.05, 0.1) is 0 Å². The molecule has 1 N–H and O–H groups in total. The highest BCUT2D eigenvalue weighted by Crippen LogP contribution is 2.58. The van der Waals surface area contributed by atoms with Crippen LogP contribution in [0.5, 0.6) is 0 Å². The van der Waals surface area contributed by atoms with E-state index in [1.807, 2.05) is 0 Å². The van der Waals surface area contributed by atoms with Crippen molar-refractivity contribution in [1.82, 2.24) is 0 Å². The van der Waals surface area contributed by atoms with Gasteiger partial charge in [0.1, 0.15) is 0 Å². The molecule has 128 valence electrons. The molecule has 0 bridgehead atoms. The van der Waals surface area contributed by atoms with Crippen molar-refractivity contribution in [3.8, 4) is 0 Å². The maximum absolute atomic E-state index is 12.7. The molecule has 1 atom stereocenters. The molecule has 0 saturated heterocycles. The van der Waals surface area contributed by atoms with Gasteiger partial charge in [0, 0.05) is 0 Å². The van der Waals surface area contributed by atoms with Crippen molar-refractivity contribution in [2.45, 2.75) is 35.4 Å². The lowest BCUT2D eigenvalue weighted by atomic mass is 9.99. The van der Waals surface area contributed by atoms with E-state index in [0.717, 1.165) is 0 Å². The van der Waals surface area contributed by atoms with Crippen LogP contribution in [0.4, 0.5) is 52.7 Å². The molecule has 0 aromatic carbocycles. The molecule has 0 aliphatic carbocycles. The van der Waals surface area contributed by atoms with Crippen molar-refractivity contribution in [2.24, 2.45) is 0 Å². The fraction of sp³-hybridized carbons (Fsp3) is 1.00. The van der Waals surface area contributed by atoms with E-state index in [-0.39, 0.29) is 0 Å². The van der Waals surface area contributed by atoms with Crippen molar-refractivity contribution in [1.29, 1.82) is 0 Å².